The molecule has 0 spiro atoms. The highest BCUT2D eigenvalue weighted by Gasteiger charge is 1.82. The summed E-state index contributed by atoms with van der Waals surface area (Å²) < 4.78 is 11.6. The van der Waals surface area contributed by atoms with Crippen LogP contribution in [0.1, 0.15) is 0 Å². The van der Waals surface area contributed by atoms with Gasteiger partial charge in [-0.2, -0.15) is 0 Å². The third-order valence-electron chi connectivity index (χ3n) is 0.393. The zero-order valence-electron chi connectivity index (χ0n) is 2.86. The van der Waals surface area contributed by atoms with E-state index in [0.29, 0.717) is 0 Å². The number of thiophene rings is 1. The molecule has 0 amide bonds. The van der Waals surface area contributed by atoms with Crippen molar-refractivity contribution in [3.8, 4) is 0 Å². The molecule has 1 rings (SSSR count). The van der Waals surface area contributed by atoms with Crippen molar-refractivity contribution in [3.63, 3.8) is 0 Å². The van der Waals surface area contributed by atoms with Crippen LogP contribution in [0.25, 0.3) is 0 Å². The van der Waals surface area contributed by atoms with E-state index < -0.39 is 0 Å². The van der Waals surface area contributed by atoms with Crippen LogP contribution >= 0.6 is 11.3 Å². The van der Waals surface area contributed by atoms with Gasteiger partial charge in [0.2, 0.25) is 0 Å². The first kappa shape index (κ1) is 3.81. The van der Waals surface area contributed by atoms with Crippen LogP contribution in [-0.4, -0.2) is 0 Å². The minimum atomic E-state index is -0.319. The van der Waals surface area contributed by atoms with Crippen LogP contribution in [0.4, 0.5) is 4.39 Å². The van der Waals surface area contributed by atoms with Crippen LogP contribution < -0.4 is 0 Å². The van der Waals surface area contributed by atoms with Crippen molar-refractivity contribution in [2.24, 2.45) is 0 Å². The number of hydrogen-bond donors (Lipinski definition) is 0. The lowest BCUT2D eigenvalue weighted by atomic mass is 10.6. The molecule has 0 atom stereocenters. The molecule has 0 N–H and O–H groups in total. The lowest BCUT2D eigenvalue weighted by Crippen LogP contribution is -1.50. The number of rotatable bonds is 0. The first-order chi connectivity index (χ1) is 2.89. The minimum Gasteiger partial charge on any atom is -0.205 e. The zero-order valence-corrected chi connectivity index (χ0v) is 3.68. The van der Waals surface area contributed by atoms with Gasteiger partial charge in [-0.1, -0.05) is 0 Å². The van der Waals surface area contributed by atoms with Crippen LogP contribution in [0.5, 0.6) is 0 Å². The normalized spacial score (nSPS) is 8.83. The molecule has 6 heavy (non-hydrogen) atoms. The molecule has 1 aromatic heterocycles. The highest BCUT2D eigenvalue weighted by atomic mass is 32.1. The monoisotopic (exact) mass is 100.0 g/mol. The second kappa shape index (κ2) is 1.39. The minimum absolute atomic E-state index is 0.319. The Morgan fingerprint density at radius 2 is 2.67 bits per heavy atom. The second-order valence-corrected chi connectivity index (χ2v) is 1.46. The molecule has 1 aromatic rings. The van der Waals surface area contributed by atoms with Gasteiger partial charge in [-0.25, -0.2) is 4.39 Å². The molecule has 0 aliphatic carbocycles. The maximum absolute atomic E-state index is 11.6. The van der Waals surface area contributed by atoms with Crippen molar-refractivity contribution in [2.45, 2.75) is 0 Å². The van der Waals surface area contributed by atoms with Crippen LogP contribution in [-0.2, 0) is 0 Å². The first-order valence-electron chi connectivity index (χ1n) is 1.42. The van der Waals surface area contributed by atoms with Gasteiger partial charge in [0.15, 0.2) is 0 Å². The van der Waals surface area contributed by atoms with E-state index >= 15 is 0 Å². The van der Waals surface area contributed by atoms with Gasteiger partial charge in [0, 0.05) is 5.38 Å². The van der Waals surface area contributed by atoms with Crippen molar-refractivity contribution in [3.05, 3.63) is 22.6 Å². The van der Waals surface area contributed by atoms with E-state index in [1.54, 1.807) is 0 Å². The van der Waals surface area contributed by atoms with E-state index in [0.717, 1.165) is 11.3 Å². The van der Waals surface area contributed by atoms with Crippen LogP contribution in [0.2, 0.25) is 0 Å². The SMILES string of the molecule is Fc1[c]s[c]c1. The van der Waals surface area contributed by atoms with E-state index in [1.165, 1.54) is 6.07 Å². The predicted octanol–water partition coefficient (Wildman–Crippen LogP) is 1.49. The third kappa shape index (κ3) is 0.571. The highest BCUT2D eigenvalue weighted by molar-refractivity contribution is 7.06. The molecule has 2 radical (unpaired) electrons. The summed E-state index contributed by atoms with van der Waals surface area (Å²) in [6.07, 6.45) is 0. The van der Waals surface area contributed by atoms with Gasteiger partial charge in [0.05, 0.1) is 5.38 Å². The van der Waals surface area contributed by atoms with Crippen LogP contribution in [0.3, 0.4) is 0 Å². The fourth-order valence-corrected chi connectivity index (χ4v) is 0.567. The molecular formula is C4HFS. The first-order valence-corrected chi connectivity index (χ1v) is 2.24. The summed E-state index contributed by atoms with van der Waals surface area (Å²) in [7, 11) is 0. The van der Waals surface area contributed by atoms with Crippen molar-refractivity contribution in [1.82, 2.24) is 0 Å². The average Bonchev–Trinajstić information content (AvgIpc) is 1.86. The van der Waals surface area contributed by atoms with Crippen molar-refractivity contribution >= 4 is 11.3 Å². The Labute approximate surface area is 39.2 Å². The summed E-state index contributed by atoms with van der Waals surface area (Å²) in [5.74, 6) is -0.319. The Bertz CT molecular complexity index is 111. The fourth-order valence-electron chi connectivity index (χ4n) is 0.189. The quantitative estimate of drug-likeness (QED) is 0.463. The van der Waals surface area contributed by atoms with Crippen LogP contribution in [0, 0.1) is 16.6 Å². The van der Waals surface area contributed by atoms with Gasteiger partial charge >= 0.3 is 0 Å². The molecule has 2 heteroatoms. The molecule has 0 saturated heterocycles. The Morgan fingerprint density at radius 3 is 2.83 bits per heavy atom. The molecule has 0 unspecified atom stereocenters. The number of hydrogen-bond acceptors (Lipinski definition) is 1. The van der Waals surface area contributed by atoms with Gasteiger partial charge in [0.25, 0.3) is 0 Å². The maximum atomic E-state index is 11.6. The largest absolute Gasteiger partial charge is 0.205 e. The van der Waals surface area contributed by atoms with Gasteiger partial charge in [0.1, 0.15) is 5.82 Å². The summed E-state index contributed by atoms with van der Waals surface area (Å²) >= 11 is 1.11. The molecule has 0 nitrogen and oxygen atoms in total. The van der Waals surface area contributed by atoms with E-state index in [9.17, 15) is 4.39 Å². The second-order valence-electron chi connectivity index (χ2n) is 0.814. The fraction of sp³-hybridized carbons (Fsp3) is 0. The lowest BCUT2D eigenvalue weighted by Gasteiger charge is -1.58. The topological polar surface area (TPSA) is 0 Å². The van der Waals surface area contributed by atoms with Gasteiger partial charge in [-0.05, 0) is 6.07 Å². The molecule has 0 aliphatic heterocycles. The molecule has 0 aliphatic rings. The van der Waals surface area contributed by atoms with E-state index in [2.05, 4.69) is 10.8 Å². The van der Waals surface area contributed by atoms with Crippen LogP contribution in [0.15, 0.2) is 6.07 Å². The standard InChI is InChI=1S/C4HFS/c5-4-1-2-6-3-4/h1H. The summed E-state index contributed by atoms with van der Waals surface area (Å²) in [6, 6.07) is 1.25. The van der Waals surface area contributed by atoms with Gasteiger partial charge in [-0.15, -0.1) is 11.3 Å². The molecule has 30 valence electrons. The molecule has 0 bridgehead atoms. The van der Waals surface area contributed by atoms with Gasteiger partial charge < -0.3 is 0 Å². The Hall–Kier alpha value is -0.370. The maximum Gasteiger partial charge on any atom is 0.143 e. The summed E-state index contributed by atoms with van der Waals surface area (Å²) in [5.41, 5.74) is 0. The molecule has 0 saturated carbocycles. The molecule has 0 fully saturated rings. The zero-order chi connectivity index (χ0) is 4.41. The highest BCUT2D eigenvalue weighted by Crippen LogP contribution is 1.98. The summed E-state index contributed by atoms with van der Waals surface area (Å²) in [5, 5.41) is 4.86. The average molecular weight is 100 g/mol. The summed E-state index contributed by atoms with van der Waals surface area (Å²) in [6.45, 7) is 0. The third-order valence-corrected chi connectivity index (χ3v) is 0.926. The molecule has 0 aromatic carbocycles. The smallest absolute Gasteiger partial charge is 0.143 e. The molecular weight excluding hydrogens is 99.1 g/mol. The van der Waals surface area contributed by atoms with Crippen molar-refractivity contribution in [1.29, 1.82) is 0 Å². The molecule has 1 heterocycles. The Morgan fingerprint density at radius 1 is 1.83 bits per heavy atom. The predicted molar refractivity (Wildman–Crippen MR) is 21.9 cm³/mol. The van der Waals surface area contributed by atoms with E-state index in [-0.39, 0.29) is 5.82 Å². The summed E-state index contributed by atoms with van der Waals surface area (Å²) in [4.78, 5) is 0. The lowest BCUT2D eigenvalue weighted by molar-refractivity contribution is 0.631. The van der Waals surface area contributed by atoms with Gasteiger partial charge in [-0.3, -0.25) is 0 Å². The number of halogens is 1. The van der Waals surface area contributed by atoms with E-state index in [4.69, 9.17) is 0 Å². The Kier molecular flexibility index (Phi) is 0.881. The van der Waals surface area contributed by atoms with Crippen molar-refractivity contribution < 1.29 is 4.39 Å². The Balaban J connectivity index is 3.05. The van der Waals surface area contributed by atoms with Crippen molar-refractivity contribution in [2.75, 3.05) is 0 Å². The van der Waals surface area contributed by atoms with E-state index in [1.807, 2.05) is 0 Å².